The van der Waals surface area contributed by atoms with Gasteiger partial charge in [-0.2, -0.15) is 0 Å². The van der Waals surface area contributed by atoms with E-state index >= 15 is 0 Å². The number of nitrogens with zero attached hydrogens (tertiary/aromatic N) is 2. The first kappa shape index (κ1) is 19.3. The second kappa shape index (κ2) is 8.25. The number of hydrogen-bond acceptors (Lipinski definition) is 2. The van der Waals surface area contributed by atoms with Crippen molar-refractivity contribution in [2.45, 2.75) is 44.6 Å². The monoisotopic (exact) mass is 402 g/mol. The second-order valence-electron chi connectivity index (χ2n) is 9.08. The molecule has 156 valence electrons. The minimum absolute atomic E-state index is 0.0648. The van der Waals surface area contributed by atoms with Gasteiger partial charge in [0.1, 0.15) is 0 Å². The van der Waals surface area contributed by atoms with Crippen LogP contribution in [0.15, 0.2) is 54.6 Å². The van der Waals surface area contributed by atoms with Crippen molar-refractivity contribution in [2.24, 2.45) is 11.8 Å². The summed E-state index contributed by atoms with van der Waals surface area (Å²) in [5.74, 6) is 0.674. The second-order valence-corrected chi connectivity index (χ2v) is 9.08. The molecule has 2 aromatic carbocycles. The predicted molar refractivity (Wildman–Crippen MR) is 117 cm³/mol. The highest BCUT2D eigenvalue weighted by molar-refractivity contribution is 5.84. The highest BCUT2D eigenvalue weighted by Crippen LogP contribution is 2.36. The zero-order valence-electron chi connectivity index (χ0n) is 17.5. The van der Waals surface area contributed by atoms with E-state index < -0.39 is 0 Å². The van der Waals surface area contributed by atoms with E-state index in [1.165, 1.54) is 16.7 Å². The van der Waals surface area contributed by atoms with E-state index in [0.29, 0.717) is 6.54 Å². The molecule has 3 aliphatic rings. The third-order valence-electron chi connectivity index (χ3n) is 6.98. The Labute approximate surface area is 178 Å². The van der Waals surface area contributed by atoms with Gasteiger partial charge >= 0.3 is 0 Å². The van der Waals surface area contributed by atoms with Gasteiger partial charge in [0.05, 0.1) is 12.0 Å². The summed E-state index contributed by atoms with van der Waals surface area (Å²) in [7, 11) is 0. The lowest BCUT2D eigenvalue weighted by Gasteiger charge is -2.41. The van der Waals surface area contributed by atoms with Crippen molar-refractivity contribution in [1.29, 1.82) is 0 Å². The Hall–Kier alpha value is -2.62. The van der Waals surface area contributed by atoms with Gasteiger partial charge in [0.2, 0.25) is 11.8 Å². The first-order chi connectivity index (χ1) is 14.7. The largest absolute Gasteiger partial charge is 0.342 e. The van der Waals surface area contributed by atoms with Crippen molar-refractivity contribution in [3.05, 3.63) is 71.3 Å². The topological polar surface area (TPSA) is 40.6 Å². The smallest absolute Gasteiger partial charge is 0.228 e. The van der Waals surface area contributed by atoms with Gasteiger partial charge in [-0.05, 0) is 55.2 Å². The molecule has 2 amide bonds. The fraction of sp³-hybridized carbons (Fsp3) is 0.462. The van der Waals surface area contributed by atoms with Crippen LogP contribution in [0.4, 0.5) is 0 Å². The maximum atomic E-state index is 13.7. The van der Waals surface area contributed by atoms with Crippen LogP contribution in [0.1, 0.15) is 48.4 Å². The lowest BCUT2D eigenvalue weighted by atomic mass is 9.86. The minimum Gasteiger partial charge on any atom is -0.342 e. The Morgan fingerprint density at radius 3 is 2.40 bits per heavy atom. The van der Waals surface area contributed by atoms with E-state index in [4.69, 9.17) is 0 Å². The minimum atomic E-state index is -0.0648. The summed E-state index contributed by atoms with van der Waals surface area (Å²) in [6.07, 6.45) is 5.61. The summed E-state index contributed by atoms with van der Waals surface area (Å²) >= 11 is 0. The molecule has 30 heavy (non-hydrogen) atoms. The SMILES string of the molecule is O=C(C1CC1)N1CCCC(C(=O)N2CCc3ccccc3C2Cc2ccccc2)C1. The molecule has 2 atom stereocenters. The lowest BCUT2D eigenvalue weighted by Crippen LogP contribution is -2.49. The average molecular weight is 403 g/mol. The molecule has 4 nitrogen and oxygen atoms in total. The van der Waals surface area contributed by atoms with Gasteiger partial charge < -0.3 is 9.80 Å². The summed E-state index contributed by atoms with van der Waals surface area (Å²) in [6.45, 7) is 2.18. The third kappa shape index (κ3) is 3.88. The number of carbonyl (C=O) groups excluding carboxylic acids is 2. The number of likely N-dealkylation sites (tertiary alicyclic amines) is 1. The van der Waals surface area contributed by atoms with E-state index in [1.54, 1.807) is 0 Å². The van der Waals surface area contributed by atoms with Crippen LogP contribution in [0.3, 0.4) is 0 Å². The van der Waals surface area contributed by atoms with Crippen molar-refractivity contribution >= 4 is 11.8 Å². The van der Waals surface area contributed by atoms with Gasteiger partial charge in [-0.1, -0.05) is 54.6 Å². The maximum Gasteiger partial charge on any atom is 0.228 e. The van der Waals surface area contributed by atoms with Crippen molar-refractivity contribution in [1.82, 2.24) is 9.80 Å². The quantitative estimate of drug-likeness (QED) is 0.775. The van der Waals surface area contributed by atoms with E-state index in [2.05, 4.69) is 53.4 Å². The Balaban J connectivity index is 1.38. The van der Waals surface area contributed by atoms with Crippen LogP contribution in [0.5, 0.6) is 0 Å². The molecule has 0 aromatic heterocycles. The summed E-state index contributed by atoms with van der Waals surface area (Å²) in [5, 5.41) is 0. The van der Waals surface area contributed by atoms with Gasteiger partial charge in [-0.25, -0.2) is 0 Å². The molecule has 4 heteroatoms. The molecule has 2 aliphatic heterocycles. The van der Waals surface area contributed by atoms with Crippen LogP contribution < -0.4 is 0 Å². The summed E-state index contributed by atoms with van der Waals surface area (Å²) in [6, 6.07) is 19.1. The van der Waals surface area contributed by atoms with Crippen LogP contribution >= 0.6 is 0 Å². The number of piperidine rings is 1. The number of carbonyl (C=O) groups is 2. The highest BCUT2D eigenvalue weighted by Gasteiger charge is 2.39. The molecule has 1 saturated carbocycles. The normalized spacial score (nSPS) is 23.7. The number of hydrogen-bond donors (Lipinski definition) is 0. The maximum absolute atomic E-state index is 13.7. The Morgan fingerprint density at radius 2 is 1.60 bits per heavy atom. The Kier molecular flexibility index (Phi) is 5.32. The fourth-order valence-corrected chi connectivity index (χ4v) is 5.17. The molecule has 0 spiro atoms. The molecule has 2 aromatic rings. The molecule has 2 unspecified atom stereocenters. The van der Waals surface area contributed by atoms with E-state index in [-0.39, 0.29) is 29.7 Å². The average Bonchev–Trinajstić information content (AvgIpc) is 3.65. The van der Waals surface area contributed by atoms with Crippen LogP contribution in [0.2, 0.25) is 0 Å². The molecule has 0 N–H and O–H groups in total. The Morgan fingerprint density at radius 1 is 0.833 bits per heavy atom. The van der Waals surface area contributed by atoms with Crippen molar-refractivity contribution < 1.29 is 9.59 Å². The molecular formula is C26H30N2O2. The summed E-state index contributed by atoms with van der Waals surface area (Å²) < 4.78 is 0. The molecule has 5 rings (SSSR count). The van der Waals surface area contributed by atoms with Crippen molar-refractivity contribution in [3.63, 3.8) is 0 Å². The molecule has 0 radical (unpaired) electrons. The Bertz CT molecular complexity index is 922. The van der Waals surface area contributed by atoms with Crippen LogP contribution in [-0.4, -0.2) is 41.2 Å². The van der Waals surface area contributed by atoms with Crippen LogP contribution in [0, 0.1) is 11.8 Å². The number of rotatable bonds is 4. The van der Waals surface area contributed by atoms with Crippen LogP contribution in [-0.2, 0) is 22.4 Å². The molecule has 1 aliphatic carbocycles. The van der Waals surface area contributed by atoms with Crippen LogP contribution in [0.25, 0.3) is 0 Å². The van der Waals surface area contributed by atoms with Gasteiger partial charge in [-0.15, -0.1) is 0 Å². The number of amides is 2. The fourth-order valence-electron chi connectivity index (χ4n) is 5.17. The van der Waals surface area contributed by atoms with Gasteiger partial charge in [0.15, 0.2) is 0 Å². The molecule has 0 bridgehead atoms. The predicted octanol–water partition coefficient (Wildman–Crippen LogP) is 4.00. The molecule has 2 heterocycles. The first-order valence-electron chi connectivity index (χ1n) is 11.4. The van der Waals surface area contributed by atoms with Crippen molar-refractivity contribution in [3.8, 4) is 0 Å². The third-order valence-corrected chi connectivity index (χ3v) is 6.98. The number of benzene rings is 2. The zero-order valence-corrected chi connectivity index (χ0v) is 17.5. The molecular weight excluding hydrogens is 372 g/mol. The zero-order chi connectivity index (χ0) is 20.5. The number of fused-ring (bicyclic) bond motifs is 1. The lowest BCUT2D eigenvalue weighted by molar-refractivity contribution is -0.143. The highest BCUT2D eigenvalue weighted by atomic mass is 16.2. The van der Waals surface area contributed by atoms with E-state index in [0.717, 1.165) is 51.6 Å². The summed E-state index contributed by atoms with van der Waals surface area (Å²) in [5.41, 5.74) is 3.89. The van der Waals surface area contributed by atoms with Crippen molar-refractivity contribution in [2.75, 3.05) is 19.6 Å². The van der Waals surface area contributed by atoms with E-state index in [1.807, 2.05) is 11.0 Å². The van der Waals surface area contributed by atoms with Gasteiger partial charge in [-0.3, -0.25) is 9.59 Å². The van der Waals surface area contributed by atoms with E-state index in [9.17, 15) is 9.59 Å². The molecule has 1 saturated heterocycles. The van der Waals surface area contributed by atoms with Gasteiger partial charge in [0, 0.05) is 25.6 Å². The summed E-state index contributed by atoms with van der Waals surface area (Å²) in [4.78, 5) is 30.4. The van der Waals surface area contributed by atoms with Gasteiger partial charge in [0.25, 0.3) is 0 Å². The standard InChI is InChI=1S/C26H30N2O2/c29-25(21-12-13-21)27-15-6-10-22(18-27)26(30)28-16-14-20-9-4-5-11-23(20)24(28)17-19-7-2-1-3-8-19/h1-5,7-9,11,21-22,24H,6,10,12-18H2. The molecule has 2 fully saturated rings. The first-order valence-corrected chi connectivity index (χ1v) is 11.4.